The van der Waals surface area contributed by atoms with Crippen LogP contribution in [0.4, 0.5) is 10.7 Å². The number of nitrogens with one attached hydrogen (secondary N) is 1. The average molecular weight is 448 g/mol. The number of hydrogen-bond donors (Lipinski definition) is 6. The van der Waals surface area contributed by atoms with Crippen LogP contribution in [0.25, 0.3) is 21.6 Å². The van der Waals surface area contributed by atoms with Crippen LogP contribution in [-0.2, 0) is 5.41 Å². The van der Waals surface area contributed by atoms with Gasteiger partial charge >= 0.3 is 0 Å². The van der Waals surface area contributed by atoms with Crippen molar-refractivity contribution in [2.45, 2.75) is 19.3 Å². The molecule has 0 aliphatic heterocycles. The Morgan fingerprint density at radius 1 is 0.688 bits per heavy atom. The topological polar surface area (TPSA) is 113 Å². The summed E-state index contributed by atoms with van der Waals surface area (Å²) in [4.78, 5) is 0.405. The molecule has 0 amide bonds. The molecule has 1 heterocycles. The van der Waals surface area contributed by atoms with Crippen molar-refractivity contribution in [2.24, 2.45) is 0 Å². The lowest BCUT2D eigenvalue weighted by atomic mass is 9.82. The highest BCUT2D eigenvalue weighted by Gasteiger charge is 2.35. The molecule has 1 aliphatic rings. The van der Waals surface area contributed by atoms with Gasteiger partial charge in [0.15, 0.2) is 11.5 Å². The number of hydrogen-bond acceptors (Lipinski definition) is 7. The molecule has 4 aromatic rings. The van der Waals surface area contributed by atoms with Gasteiger partial charge in [0.2, 0.25) is 17.2 Å². The molecule has 0 spiro atoms. The van der Waals surface area contributed by atoms with Crippen molar-refractivity contribution in [2.75, 3.05) is 5.32 Å². The molecule has 0 unspecified atom stereocenters. The molecule has 0 radical (unpaired) electrons. The van der Waals surface area contributed by atoms with Crippen molar-refractivity contribution in [3.8, 4) is 50.3 Å². The SMILES string of the molecule is CC1(C)c2ccccc2-c2ccc(Nc3ccc(-c4c(O)c(O)c(O)c(O)c4O)s3)cc21. The third-order valence-electron chi connectivity index (χ3n) is 6.07. The Bertz CT molecular complexity index is 1360. The van der Waals surface area contributed by atoms with Crippen molar-refractivity contribution in [1.82, 2.24) is 0 Å². The van der Waals surface area contributed by atoms with Gasteiger partial charge in [0.1, 0.15) is 0 Å². The highest BCUT2D eigenvalue weighted by atomic mass is 32.1. The smallest absolute Gasteiger partial charge is 0.208 e. The van der Waals surface area contributed by atoms with Crippen molar-refractivity contribution < 1.29 is 25.5 Å². The highest BCUT2D eigenvalue weighted by molar-refractivity contribution is 7.19. The Hall–Kier alpha value is -3.84. The predicted octanol–water partition coefficient (Wildman–Crippen LogP) is 5.99. The van der Waals surface area contributed by atoms with Gasteiger partial charge in [0.25, 0.3) is 0 Å². The lowest BCUT2D eigenvalue weighted by Crippen LogP contribution is -2.15. The Morgan fingerprint density at radius 2 is 1.31 bits per heavy atom. The Balaban J connectivity index is 1.50. The normalized spacial score (nSPS) is 13.6. The molecular weight excluding hydrogens is 426 g/mol. The second-order valence-electron chi connectivity index (χ2n) is 8.34. The summed E-state index contributed by atoms with van der Waals surface area (Å²) in [5.41, 5.74) is 5.60. The maximum absolute atomic E-state index is 10.2. The maximum Gasteiger partial charge on any atom is 0.208 e. The maximum atomic E-state index is 10.2. The van der Waals surface area contributed by atoms with Crippen molar-refractivity contribution >= 4 is 22.0 Å². The minimum absolute atomic E-state index is 0.122. The molecule has 7 heteroatoms. The monoisotopic (exact) mass is 447 g/mol. The van der Waals surface area contributed by atoms with E-state index in [0.29, 0.717) is 4.88 Å². The van der Waals surface area contributed by atoms with E-state index in [1.165, 1.54) is 33.6 Å². The van der Waals surface area contributed by atoms with Gasteiger partial charge < -0.3 is 30.8 Å². The first kappa shape index (κ1) is 20.1. The number of phenolic OH excluding ortho intramolecular Hbond substituents is 5. The Kier molecular flexibility index (Phi) is 4.29. The highest BCUT2D eigenvalue weighted by Crippen LogP contribution is 2.56. The summed E-state index contributed by atoms with van der Waals surface area (Å²) in [6.07, 6.45) is 0. The van der Waals surface area contributed by atoms with E-state index in [4.69, 9.17) is 0 Å². The van der Waals surface area contributed by atoms with Gasteiger partial charge in [-0.1, -0.05) is 44.2 Å². The van der Waals surface area contributed by atoms with Gasteiger partial charge in [-0.25, -0.2) is 0 Å². The van der Waals surface area contributed by atoms with Crippen LogP contribution in [0.5, 0.6) is 28.7 Å². The summed E-state index contributed by atoms with van der Waals surface area (Å²) >= 11 is 1.22. The zero-order valence-corrected chi connectivity index (χ0v) is 18.2. The van der Waals surface area contributed by atoms with Crippen LogP contribution < -0.4 is 5.32 Å². The molecule has 1 aliphatic carbocycles. The molecule has 6 N–H and O–H groups in total. The van der Waals surface area contributed by atoms with Crippen LogP contribution in [0.2, 0.25) is 0 Å². The minimum atomic E-state index is -0.972. The van der Waals surface area contributed by atoms with E-state index in [9.17, 15) is 25.5 Å². The van der Waals surface area contributed by atoms with E-state index in [-0.39, 0.29) is 11.0 Å². The van der Waals surface area contributed by atoms with E-state index in [1.807, 2.05) is 12.1 Å². The summed E-state index contributed by atoms with van der Waals surface area (Å²) in [6.45, 7) is 4.42. The first-order valence-electron chi connectivity index (χ1n) is 10.0. The summed E-state index contributed by atoms with van der Waals surface area (Å²) < 4.78 is 0. The van der Waals surface area contributed by atoms with Gasteiger partial charge in [-0.05, 0) is 46.5 Å². The number of aromatic hydroxyl groups is 5. The van der Waals surface area contributed by atoms with Crippen LogP contribution >= 0.6 is 11.3 Å². The van der Waals surface area contributed by atoms with Gasteiger partial charge in [-0.2, -0.15) is 0 Å². The van der Waals surface area contributed by atoms with Crippen LogP contribution in [0.15, 0.2) is 54.6 Å². The van der Waals surface area contributed by atoms with Crippen LogP contribution in [0.1, 0.15) is 25.0 Å². The van der Waals surface area contributed by atoms with E-state index in [0.717, 1.165) is 10.7 Å². The molecule has 6 nitrogen and oxygen atoms in total. The van der Waals surface area contributed by atoms with E-state index in [1.54, 1.807) is 12.1 Å². The quantitative estimate of drug-likeness (QED) is 0.170. The number of thiophene rings is 1. The first-order valence-corrected chi connectivity index (χ1v) is 10.8. The van der Waals surface area contributed by atoms with Crippen molar-refractivity contribution in [3.63, 3.8) is 0 Å². The zero-order valence-electron chi connectivity index (χ0n) is 17.3. The summed E-state index contributed by atoms with van der Waals surface area (Å²) in [5.74, 6) is -4.16. The molecule has 0 saturated carbocycles. The van der Waals surface area contributed by atoms with Crippen LogP contribution in [-0.4, -0.2) is 25.5 Å². The minimum Gasteiger partial charge on any atom is -0.504 e. The number of anilines is 2. The molecular formula is C25H21NO5S. The molecule has 0 atom stereocenters. The predicted molar refractivity (Wildman–Crippen MR) is 125 cm³/mol. The Morgan fingerprint density at radius 3 is 2.03 bits per heavy atom. The summed E-state index contributed by atoms with van der Waals surface area (Å²) in [7, 11) is 0. The van der Waals surface area contributed by atoms with Crippen LogP contribution in [0, 0.1) is 0 Å². The first-order chi connectivity index (χ1) is 15.2. The van der Waals surface area contributed by atoms with Gasteiger partial charge in [-0.3, -0.25) is 0 Å². The molecule has 32 heavy (non-hydrogen) atoms. The second-order valence-corrected chi connectivity index (χ2v) is 9.42. The van der Waals surface area contributed by atoms with E-state index in [2.05, 4.69) is 49.5 Å². The molecule has 0 bridgehead atoms. The number of rotatable bonds is 3. The lowest BCUT2D eigenvalue weighted by Gasteiger charge is -2.22. The number of benzene rings is 3. The summed E-state index contributed by atoms with van der Waals surface area (Å²) in [5, 5.41) is 53.7. The van der Waals surface area contributed by atoms with E-state index < -0.39 is 28.7 Å². The molecule has 5 rings (SSSR count). The van der Waals surface area contributed by atoms with Gasteiger partial charge in [-0.15, -0.1) is 11.3 Å². The standard InChI is InChI=1S/C25H21NO5S/c1-25(2)15-6-4-3-5-13(15)14-8-7-12(11-16(14)25)26-18-10-9-17(32-18)19-20(27)22(29)24(31)23(30)21(19)28/h3-11,26-31H,1-2H3. The number of fused-ring (bicyclic) bond motifs is 3. The second kappa shape index (κ2) is 6.83. The zero-order chi connectivity index (χ0) is 22.8. The van der Waals surface area contributed by atoms with Crippen molar-refractivity contribution in [1.29, 1.82) is 0 Å². The lowest BCUT2D eigenvalue weighted by molar-refractivity contribution is 0.330. The molecule has 0 saturated heterocycles. The Labute approximate surface area is 188 Å². The fourth-order valence-electron chi connectivity index (χ4n) is 4.38. The van der Waals surface area contributed by atoms with Gasteiger partial charge in [0, 0.05) is 16.0 Å². The van der Waals surface area contributed by atoms with Gasteiger partial charge in [0.05, 0.1) is 10.6 Å². The number of phenols is 5. The van der Waals surface area contributed by atoms with E-state index >= 15 is 0 Å². The largest absolute Gasteiger partial charge is 0.504 e. The third-order valence-corrected chi connectivity index (χ3v) is 7.09. The summed E-state index contributed by atoms with van der Waals surface area (Å²) in [6, 6.07) is 18.1. The molecule has 162 valence electrons. The third kappa shape index (κ3) is 2.78. The van der Waals surface area contributed by atoms with Crippen LogP contribution in [0.3, 0.4) is 0 Å². The average Bonchev–Trinajstić information content (AvgIpc) is 3.32. The fraction of sp³-hybridized carbons (Fsp3) is 0.120. The fourth-order valence-corrected chi connectivity index (χ4v) is 5.36. The van der Waals surface area contributed by atoms with Crippen molar-refractivity contribution in [3.05, 3.63) is 65.7 Å². The molecule has 1 aromatic heterocycles. The molecule has 3 aromatic carbocycles. The molecule has 0 fully saturated rings.